The summed E-state index contributed by atoms with van der Waals surface area (Å²) in [5.41, 5.74) is 5.56. The van der Waals surface area contributed by atoms with E-state index in [1.165, 1.54) is 6.42 Å². The third-order valence-corrected chi connectivity index (χ3v) is 2.30. The summed E-state index contributed by atoms with van der Waals surface area (Å²) in [6, 6.07) is 0. The van der Waals surface area contributed by atoms with Gasteiger partial charge in [-0.05, 0) is 38.1 Å². The van der Waals surface area contributed by atoms with Gasteiger partial charge in [-0.3, -0.25) is 0 Å². The van der Waals surface area contributed by atoms with Crippen LogP contribution in [0.1, 0.15) is 25.7 Å². The van der Waals surface area contributed by atoms with Crippen LogP contribution in [0, 0.1) is 5.92 Å². The molecule has 0 unspecified atom stereocenters. The molecule has 0 radical (unpaired) electrons. The fourth-order valence-corrected chi connectivity index (χ4v) is 1.47. The van der Waals surface area contributed by atoms with Crippen LogP contribution in [0.4, 0.5) is 0 Å². The highest BCUT2D eigenvalue weighted by atomic mass is 16.3. The molecule has 0 spiro atoms. The Morgan fingerprint density at radius 2 is 2.18 bits per heavy atom. The van der Waals surface area contributed by atoms with Gasteiger partial charge in [0.15, 0.2) is 0 Å². The minimum atomic E-state index is -0.232. The highest BCUT2D eigenvalue weighted by Gasteiger charge is 2.10. The summed E-state index contributed by atoms with van der Waals surface area (Å²) in [7, 11) is 0. The van der Waals surface area contributed by atoms with Gasteiger partial charge in [0.25, 0.3) is 0 Å². The lowest BCUT2D eigenvalue weighted by molar-refractivity contribution is 0.196. The molecule has 0 fully saturated rings. The number of allylic oxidation sites excluding steroid dienone is 1. The van der Waals surface area contributed by atoms with Gasteiger partial charge >= 0.3 is 0 Å². The summed E-state index contributed by atoms with van der Waals surface area (Å²) < 4.78 is 0. The van der Waals surface area contributed by atoms with Gasteiger partial charge in [0.1, 0.15) is 0 Å². The highest BCUT2D eigenvalue weighted by Crippen LogP contribution is 2.17. The van der Waals surface area contributed by atoms with E-state index in [9.17, 15) is 5.11 Å². The summed E-state index contributed by atoms with van der Waals surface area (Å²) in [6.45, 7) is 0.764. The van der Waals surface area contributed by atoms with E-state index in [0.29, 0.717) is 5.92 Å². The van der Waals surface area contributed by atoms with Crippen molar-refractivity contribution < 1.29 is 5.11 Å². The van der Waals surface area contributed by atoms with Crippen molar-refractivity contribution in [3.8, 4) is 0 Å². The minimum absolute atomic E-state index is 0.232. The molecule has 1 rings (SSSR count). The molecule has 2 nitrogen and oxygen atoms in total. The molecular formula is C9H17NO. The van der Waals surface area contributed by atoms with Crippen LogP contribution in [0.5, 0.6) is 0 Å². The average Bonchev–Trinajstić information content (AvgIpc) is 1.98. The molecule has 2 atom stereocenters. The molecule has 2 heteroatoms. The van der Waals surface area contributed by atoms with Gasteiger partial charge in [-0.2, -0.15) is 0 Å². The normalized spacial score (nSPS) is 35.8. The van der Waals surface area contributed by atoms with Crippen LogP contribution in [-0.2, 0) is 0 Å². The lowest BCUT2D eigenvalue weighted by atomic mass is 9.93. The number of rotatable bonds is 1. The monoisotopic (exact) mass is 155 g/mol. The molecule has 0 aromatic rings. The maximum atomic E-state index is 9.30. The van der Waals surface area contributed by atoms with E-state index >= 15 is 0 Å². The molecule has 11 heavy (non-hydrogen) atoms. The molecule has 1 aliphatic carbocycles. The highest BCUT2D eigenvalue weighted by molar-refractivity contribution is 4.91. The molecule has 1 aliphatic rings. The van der Waals surface area contributed by atoms with Gasteiger partial charge in [0.2, 0.25) is 0 Å². The van der Waals surface area contributed by atoms with Crippen LogP contribution in [-0.4, -0.2) is 17.8 Å². The Kier molecular flexibility index (Phi) is 3.60. The van der Waals surface area contributed by atoms with Gasteiger partial charge < -0.3 is 10.8 Å². The van der Waals surface area contributed by atoms with E-state index < -0.39 is 0 Å². The number of aliphatic hydroxyl groups is 1. The summed E-state index contributed by atoms with van der Waals surface area (Å²) >= 11 is 0. The average molecular weight is 155 g/mol. The molecule has 0 aliphatic heterocycles. The van der Waals surface area contributed by atoms with Crippen molar-refractivity contribution in [1.29, 1.82) is 0 Å². The van der Waals surface area contributed by atoms with Crippen LogP contribution in [0.25, 0.3) is 0 Å². The number of aliphatic hydroxyl groups excluding tert-OH is 1. The van der Waals surface area contributed by atoms with Gasteiger partial charge in [-0.15, -0.1) is 0 Å². The van der Waals surface area contributed by atoms with Crippen LogP contribution in [0.15, 0.2) is 12.2 Å². The van der Waals surface area contributed by atoms with Gasteiger partial charge in [0, 0.05) is 0 Å². The number of hydrogen-bond donors (Lipinski definition) is 2. The van der Waals surface area contributed by atoms with Crippen LogP contribution >= 0.6 is 0 Å². The minimum Gasteiger partial charge on any atom is -0.389 e. The molecule has 3 N–H and O–H groups in total. The molecule has 0 aromatic heterocycles. The van der Waals surface area contributed by atoms with E-state index in [1.807, 2.05) is 6.08 Å². The third kappa shape index (κ3) is 3.04. The summed E-state index contributed by atoms with van der Waals surface area (Å²) in [5.74, 6) is 0.620. The smallest absolute Gasteiger partial charge is 0.0721 e. The van der Waals surface area contributed by atoms with Crippen molar-refractivity contribution >= 4 is 0 Å². The molecule has 0 saturated carbocycles. The number of hydrogen-bond acceptors (Lipinski definition) is 2. The van der Waals surface area contributed by atoms with Crippen molar-refractivity contribution in [2.45, 2.75) is 31.8 Å². The molecular weight excluding hydrogens is 138 g/mol. The second-order valence-corrected chi connectivity index (χ2v) is 3.25. The van der Waals surface area contributed by atoms with E-state index in [2.05, 4.69) is 6.08 Å². The quantitative estimate of drug-likeness (QED) is 0.556. The molecule has 0 saturated heterocycles. The second kappa shape index (κ2) is 4.52. The first-order valence-electron chi connectivity index (χ1n) is 4.37. The Balaban J connectivity index is 2.37. The Morgan fingerprint density at radius 3 is 2.91 bits per heavy atom. The zero-order chi connectivity index (χ0) is 8.10. The maximum Gasteiger partial charge on any atom is 0.0721 e. The SMILES string of the molecule is NC[C@H]1CC/C=C/[C@H](O)CC1. The lowest BCUT2D eigenvalue weighted by Gasteiger charge is -2.17. The van der Waals surface area contributed by atoms with Gasteiger partial charge in [0.05, 0.1) is 6.10 Å². The first kappa shape index (κ1) is 8.75. The maximum absolute atomic E-state index is 9.30. The van der Waals surface area contributed by atoms with Crippen LogP contribution < -0.4 is 5.73 Å². The van der Waals surface area contributed by atoms with Crippen LogP contribution in [0.2, 0.25) is 0 Å². The topological polar surface area (TPSA) is 46.2 Å². The van der Waals surface area contributed by atoms with Crippen molar-refractivity contribution in [2.24, 2.45) is 11.7 Å². The molecule has 0 aromatic carbocycles. The van der Waals surface area contributed by atoms with Gasteiger partial charge in [-0.25, -0.2) is 0 Å². The zero-order valence-electron chi connectivity index (χ0n) is 6.87. The van der Waals surface area contributed by atoms with E-state index in [4.69, 9.17) is 5.73 Å². The standard InChI is InChI=1S/C9H17NO/c10-7-8-3-1-2-4-9(11)6-5-8/h2,4,8-9,11H,1,3,5-7,10H2/b4-2+/t8-,9-/m0/s1. The third-order valence-electron chi connectivity index (χ3n) is 2.30. The van der Waals surface area contributed by atoms with Crippen molar-refractivity contribution in [3.05, 3.63) is 12.2 Å². The Bertz CT molecular complexity index is 134. The zero-order valence-corrected chi connectivity index (χ0v) is 6.87. The fourth-order valence-electron chi connectivity index (χ4n) is 1.47. The molecule has 0 heterocycles. The van der Waals surface area contributed by atoms with Crippen molar-refractivity contribution in [1.82, 2.24) is 0 Å². The Hall–Kier alpha value is -0.340. The fraction of sp³-hybridized carbons (Fsp3) is 0.778. The Morgan fingerprint density at radius 1 is 1.36 bits per heavy atom. The largest absolute Gasteiger partial charge is 0.389 e. The second-order valence-electron chi connectivity index (χ2n) is 3.25. The lowest BCUT2D eigenvalue weighted by Crippen LogP contribution is -2.17. The van der Waals surface area contributed by atoms with Crippen LogP contribution in [0.3, 0.4) is 0 Å². The van der Waals surface area contributed by atoms with E-state index in [-0.39, 0.29) is 6.10 Å². The predicted molar refractivity (Wildman–Crippen MR) is 46.2 cm³/mol. The number of nitrogens with two attached hydrogens (primary N) is 1. The van der Waals surface area contributed by atoms with Crippen molar-refractivity contribution in [2.75, 3.05) is 6.54 Å². The predicted octanol–water partition coefficient (Wildman–Crippen LogP) is 1.05. The first-order chi connectivity index (χ1) is 5.33. The van der Waals surface area contributed by atoms with Gasteiger partial charge in [-0.1, -0.05) is 12.2 Å². The molecule has 0 bridgehead atoms. The molecule has 0 amide bonds. The summed E-state index contributed by atoms with van der Waals surface area (Å²) in [4.78, 5) is 0. The first-order valence-corrected chi connectivity index (χ1v) is 4.37. The summed E-state index contributed by atoms with van der Waals surface area (Å²) in [5, 5.41) is 9.30. The summed E-state index contributed by atoms with van der Waals surface area (Å²) in [6.07, 6.45) is 7.92. The van der Waals surface area contributed by atoms with Crippen molar-refractivity contribution in [3.63, 3.8) is 0 Å². The molecule has 64 valence electrons. The Labute approximate surface area is 68.1 Å². The van der Waals surface area contributed by atoms with E-state index in [1.54, 1.807) is 0 Å². The van der Waals surface area contributed by atoms with E-state index in [0.717, 1.165) is 25.8 Å².